The van der Waals surface area contributed by atoms with Crippen molar-refractivity contribution in [1.82, 2.24) is 5.32 Å². The van der Waals surface area contributed by atoms with Crippen molar-refractivity contribution in [3.05, 3.63) is 0 Å². The van der Waals surface area contributed by atoms with E-state index in [4.69, 9.17) is 9.47 Å². The molecule has 104 valence electrons. The second kappa shape index (κ2) is 8.34. The fourth-order valence-electron chi connectivity index (χ4n) is 1.000. The molecule has 0 aliphatic heterocycles. The highest BCUT2D eigenvalue weighted by Gasteiger charge is 2.23. The summed E-state index contributed by atoms with van der Waals surface area (Å²) in [4.78, 5) is 11.5. The third-order valence-corrected chi connectivity index (χ3v) is 1.77. The van der Waals surface area contributed by atoms with E-state index in [0.29, 0.717) is 6.61 Å². The minimum Gasteiger partial charge on any atom is -0.444 e. The topological polar surface area (TPSA) is 47.6 Å². The number of nitrogens with one attached hydrogen (secondary N) is 1. The molecule has 0 atom stereocenters. The lowest BCUT2D eigenvalue weighted by atomic mass is 10.0. The van der Waals surface area contributed by atoms with Gasteiger partial charge in [0.25, 0.3) is 0 Å². The van der Waals surface area contributed by atoms with Gasteiger partial charge in [-0.2, -0.15) is 0 Å². The van der Waals surface area contributed by atoms with Crippen molar-refractivity contribution in [2.75, 3.05) is 13.7 Å². The normalized spacial score (nSPS) is 11.3. The molecule has 0 aliphatic carbocycles. The molecule has 1 amide bonds. The first-order valence-corrected chi connectivity index (χ1v) is 6.16. The second-order valence-electron chi connectivity index (χ2n) is 5.25. The first-order valence-electron chi connectivity index (χ1n) is 6.16. The zero-order valence-corrected chi connectivity index (χ0v) is 12.6. The highest BCUT2D eigenvalue weighted by Crippen LogP contribution is 2.11. The average Bonchev–Trinajstić information content (AvgIpc) is 2.14. The third-order valence-electron chi connectivity index (χ3n) is 1.77. The molecule has 0 rings (SSSR count). The lowest BCUT2D eigenvalue weighted by Crippen LogP contribution is -2.46. The summed E-state index contributed by atoms with van der Waals surface area (Å²) in [6.45, 7) is 14.0. The molecule has 4 nitrogen and oxygen atoms in total. The molecule has 1 N–H and O–H groups in total. The number of carbonyl (C=O) groups is 1. The van der Waals surface area contributed by atoms with Gasteiger partial charge in [-0.1, -0.05) is 13.8 Å². The van der Waals surface area contributed by atoms with Crippen molar-refractivity contribution in [3.8, 4) is 0 Å². The van der Waals surface area contributed by atoms with Crippen LogP contribution in [0.5, 0.6) is 0 Å². The number of alkyl carbamates (subject to hydrolysis) is 1. The number of rotatable bonds is 4. The van der Waals surface area contributed by atoms with Crippen LogP contribution in [0.25, 0.3) is 0 Å². The van der Waals surface area contributed by atoms with Crippen LogP contribution in [0.15, 0.2) is 0 Å². The number of ether oxygens (including phenoxy) is 2. The number of amides is 1. The van der Waals surface area contributed by atoms with E-state index in [0.717, 1.165) is 6.42 Å². The fraction of sp³-hybridized carbons (Fsp3) is 0.923. The predicted octanol–water partition coefficient (Wildman–Crippen LogP) is 3.35. The van der Waals surface area contributed by atoms with Crippen LogP contribution < -0.4 is 5.32 Å². The van der Waals surface area contributed by atoms with Crippen molar-refractivity contribution >= 4 is 6.09 Å². The van der Waals surface area contributed by atoms with Crippen molar-refractivity contribution in [1.29, 1.82) is 0 Å². The van der Waals surface area contributed by atoms with E-state index in [-0.39, 0.29) is 11.6 Å². The van der Waals surface area contributed by atoms with Crippen molar-refractivity contribution in [3.63, 3.8) is 0 Å². The Morgan fingerprint density at radius 1 is 1.12 bits per heavy atom. The van der Waals surface area contributed by atoms with Crippen LogP contribution in [0.2, 0.25) is 0 Å². The van der Waals surface area contributed by atoms with Gasteiger partial charge in [0, 0.05) is 19.3 Å². The summed E-state index contributed by atoms with van der Waals surface area (Å²) in [6.07, 6.45) is 0.367. The summed E-state index contributed by atoms with van der Waals surface area (Å²) in [6, 6.07) is 0. The molecular weight excluding hydrogens is 218 g/mol. The maximum atomic E-state index is 11.5. The van der Waals surface area contributed by atoms with Gasteiger partial charge < -0.3 is 14.8 Å². The van der Waals surface area contributed by atoms with E-state index < -0.39 is 5.60 Å². The van der Waals surface area contributed by atoms with Crippen molar-refractivity contribution < 1.29 is 14.3 Å². The Hall–Kier alpha value is -0.770. The van der Waals surface area contributed by atoms with Crippen LogP contribution in [-0.4, -0.2) is 30.9 Å². The van der Waals surface area contributed by atoms with Crippen LogP contribution in [0.1, 0.15) is 54.9 Å². The summed E-state index contributed by atoms with van der Waals surface area (Å²) in [5, 5.41) is 2.81. The van der Waals surface area contributed by atoms with E-state index in [9.17, 15) is 4.79 Å². The van der Waals surface area contributed by atoms with E-state index in [1.807, 2.05) is 48.5 Å². The number of carbonyl (C=O) groups excluding carboxylic acids is 1. The Kier molecular flexibility index (Phi) is 9.12. The molecule has 0 bridgehead atoms. The Labute approximate surface area is 106 Å². The highest BCUT2D eigenvalue weighted by atomic mass is 16.6. The molecule has 0 aliphatic rings. The fourth-order valence-corrected chi connectivity index (χ4v) is 1.000. The molecular formula is C13H29NO3. The average molecular weight is 247 g/mol. The van der Waals surface area contributed by atoms with Gasteiger partial charge in [-0.15, -0.1) is 0 Å². The summed E-state index contributed by atoms with van der Waals surface area (Å²) in [5.74, 6) is 0. The first-order chi connectivity index (χ1) is 7.66. The van der Waals surface area contributed by atoms with Gasteiger partial charge in [0.2, 0.25) is 0 Å². The lowest BCUT2D eigenvalue weighted by Gasteiger charge is -2.28. The number of methoxy groups -OCH3 is 1. The van der Waals surface area contributed by atoms with E-state index in [1.165, 1.54) is 0 Å². The number of hydrogen-bond donors (Lipinski definition) is 1. The van der Waals surface area contributed by atoms with E-state index >= 15 is 0 Å². The predicted molar refractivity (Wildman–Crippen MR) is 71.3 cm³/mol. The van der Waals surface area contributed by atoms with Gasteiger partial charge in [-0.3, -0.25) is 0 Å². The van der Waals surface area contributed by atoms with Gasteiger partial charge in [0.15, 0.2) is 0 Å². The van der Waals surface area contributed by atoms with Gasteiger partial charge in [-0.05, 0) is 41.0 Å². The quantitative estimate of drug-likeness (QED) is 0.828. The van der Waals surface area contributed by atoms with Crippen LogP contribution in [0, 0.1) is 0 Å². The molecule has 0 heterocycles. The molecule has 4 heteroatoms. The number of hydrogen-bond acceptors (Lipinski definition) is 3. The van der Waals surface area contributed by atoms with Gasteiger partial charge in [-0.25, -0.2) is 4.79 Å². The standard InChI is InChI=1S/C11H23NO3.C2H6/c1-10(2,3)15-9(13)12-11(4,5)7-8-14-6;1-2/h7-8H2,1-6H3,(H,12,13);1-2H3. The van der Waals surface area contributed by atoms with Crippen molar-refractivity contribution in [2.24, 2.45) is 0 Å². The van der Waals surface area contributed by atoms with Gasteiger partial charge >= 0.3 is 6.09 Å². The molecule has 0 saturated heterocycles. The smallest absolute Gasteiger partial charge is 0.408 e. The molecule has 0 radical (unpaired) electrons. The van der Waals surface area contributed by atoms with E-state index in [1.54, 1.807) is 7.11 Å². The first kappa shape index (κ1) is 18.6. The molecule has 17 heavy (non-hydrogen) atoms. The molecule has 0 aromatic heterocycles. The zero-order chi connectivity index (χ0) is 14.1. The zero-order valence-electron chi connectivity index (χ0n) is 12.6. The Morgan fingerprint density at radius 3 is 1.94 bits per heavy atom. The van der Waals surface area contributed by atoms with Crippen LogP contribution >= 0.6 is 0 Å². The van der Waals surface area contributed by atoms with Crippen molar-refractivity contribution in [2.45, 2.75) is 66.0 Å². The maximum Gasteiger partial charge on any atom is 0.408 e. The van der Waals surface area contributed by atoms with Gasteiger partial charge in [0.05, 0.1) is 0 Å². The second-order valence-corrected chi connectivity index (χ2v) is 5.25. The molecule has 0 saturated carbocycles. The molecule has 0 aromatic carbocycles. The Balaban J connectivity index is 0. The molecule has 0 aromatic rings. The van der Waals surface area contributed by atoms with Crippen LogP contribution in [-0.2, 0) is 9.47 Å². The SMILES string of the molecule is CC.COCCC(C)(C)NC(=O)OC(C)(C)C. The maximum absolute atomic E-state index is 11.5. The third kappa shape index (κ3) is 13.2. The van der Waals surface area contributed by atoms with Crippen LogP contribution in [0.3, 0.4) is 0 Å². The summed E-state index contributed by atoms with van der Waals surface area (Å²) in [5.41, 5.74) is -0.764. The molecule has 0 unspecified atom stereocenters. The minimum absolute atomic E-state index is 0.307. The van der Waals surface area contributed by atoms with Gasteiger partial charge in [0.1, 0.15) is 5.60 Å². The largest absolute Gasteiger partial charge is 0.444 e. The van der Waals surface area contributed by atoms with E-state index in [2.05, 4.69) is 5.32 Å². The summed E-state index contributed by atoms with van der Waals surface area (Å²) in [7, 11) is 1.64. The minimum atomic E-state index is -0.457. The Morgan fingerprint density at radius 2 is 1.59 bits per heavy atom. The summed E-state index contributed by atoms with van der Waals surface area (Å²) < 4.78 is 10.1. The molecule has 0 fully saturated rings. The highest BCUT2D eigenvalue weighted by molar-refractivity contribution is 5.68. The van der Waals surface area contributed by atoms with Crippen LogP contribution in [0.4, 0.5) is 4.79 Å². The lowest BCUT2D eigenvalue weighted by molar-refractivity contribution is 0.0452. The molecule has 0 spiro atoms. The summed E-state index contributed by atoms with van der Waals surface area (Å²) >= 11 is 0. The monoisotopic (exact) mass is 247 g/mol. The Bertz CT molecular complexity index is 207.